The Kier molecular flexibility index (Phi) is 39.0. The minimum atomic E-state index is -1.78. The molecule has 0 saturated carbocycles. The fourth-order valence-electron chi connectivity index (χ4n) is 17.9. The molecule has 4 aliphatic heterocycles. The summed E-state index contributed by atoms with van der Waals surface area (Å²) in [7, 11) is 4.51. The van der Waals surface area contributed by atoms with Crippen molar-refractivity contribution >= 4 is 140 Å². The average Bonchev–Trinajstić information content (AvgIpc) is 1.62. The van der Waals surface area contributed by atoms with Gasteiger partial charge in [0.1, 0.15) is 96.2 Å². The summed E-state index contributed by atoms with van der Waals surface area (Å²) in [5, 5.41) is 36.3. The lowest BCUT2D eigenvalue weighted by molar-refractivity contribution is -0.149. The number of aromatic amines is 1. The van der Waals surface area contributed by atoms with Gasteiger partial charge in [0.25, 0.3) is 0 Å². The maximum absolute atomic E-state index is 15.9. The number of aliphatic hydroxyl groups is 1. The molecule has 19 N–H and O–H groups in total. The highest BCUT2D eigenvalue weighted by atomic mass is 32.2. The molecule has 0 bridgehead atoms. The first kappa shape index (κ1) is 107. The second kappa shape index (κ2) is 49.4. The Morgan fingerprint density at radius 2 is 1.04 bits per heavy atom. The average molecular weight is 1910 g/mol. The van der Waals surface area contributed by atoms with E-state index in [4.69, 9.17) is 22.9 Å². The van der Waals surface area contributed by atoms with Crippen LogP contribution in [0.25, 0.3) is 21.8 Å². The Morgan fingerprint density at radius 3 is 1.67 bits per heavy atom. The molecule has 5 aromatic rings. The van der Waals surface area contributed by atoms with Crippen LogP contribution in [0.3, 0.4) is 0 Å². The van der Waals surface area contributed by atoms with Crippen molar-refractivity contribution < 1.29 is 95.8 Å². The highest BCUT2D eigenvalue weighted by Crippen LogP contribution is 2.30. The quantitative estimate of drug-likeness (QED) is 0.0405. The minimum Gasteiger partial charge on any atom is -0.391 e. The fraction of sp³-hybridized carbons (Fsp3) is 0.579. The minimum absolute atomic E-state index is 0.00849. The van der Waals surface area contributed by atoms with Crippen LogP contribution in [0.4, 0.5) is 4.39 Å². The number of aryl methyl sites for hydroxylation is 1. The Morgan fingerprint density at radius 1 is 0.522 bits per heavy atom. The first-order valence-electron chi connectivity index (χ1n) is 46.8. The number of rotatable bonds is 24. The number of nitrogens with two attached hydrogens (primary N) is 4. The summed E-state index contributed by atoms with van der Waals surface area (Å²) in [5.74, 6) is -18.0. The van der Waals surface area contributed by atoms with E-state index in [0.717, 1.165) is 44.1 Å². The van der Waals surface area contributed by atoms with E-state index in [1.54, 1.807) is 84.4 Å². The summed E-state index contributed by atoms with van der Waals surface area (Å²) in [4.78, 5) is 275. The van der Waals surface area contributed by atoms with Crippen molar-refractivity contribution in [1.82, 2.24) is 81.9 Å². The Hall–Kier alpha value is -12.4. The number of primary amides is 3. The molecule has 1 unspecified atom stereocenters. The number of para-hydroxylation sites is 2. The fourth-order valence-corrected chi connectivity index (χ4v) is 18.8. The number of hydrogen-bond acceptors (Lipinski definition) is 21. The number of nitrogens with zero attached hydrogens (tertiary/aromatic N) is 6. The molecule has 9 rings (SSSR count). The lowest BCUT2D eigenvalue weighted by atomic mass is 9.87. The van der Waals surface area contributed by atoms with E-state index >= 15 is 52.7 Å². The van der Waals surface area contributed by atoms with Crippen molar-refractivity contribution in [2.45, 2.75) is 286 Å². The second-order valence-corrected chi connectivity index (χ2v) is 38.7. The van der Waals surface area contributed by atoms with Gasteiger partial charge in [0.05, 0.1) is 18.3 Å². The number of likely N-dealkylation sites (N-methyl/N-ethyl adjacent to an activating group) is 2. The molecule has 16 atom stereocenters. The number of Topliss-reactive ketones (excluding diaryl/α,β-unsaturated/α-hetero) is 1. The van der Waals surface area contributed by atoms with Crippen LogP contribution < -0.4 is 70.8 Å². The normalized spacial score (nSPS) is 25.9. The number of aromatic nitrogens is 2. The van der Waals surface area contributed by atoms with Gasteiger partial charge in [-0.3, -0.25) is 86.3 Å². The van der Waals surface area contributed by atoms with Crippen molar-refractivity contribution in [3.8, 4) is 0 Å². The number of halogens is 1. The van der Waals surface area contributed by atoms with Crippen LogP contribution in [-0.2, 0) is 113 Å². The van der Waals surface area contributed by atoms with Crippen LogP contribution in [0.1, 0.15) is 188 Å². The number of nitrogens with one attached hydrogen (secondary N) is 10. The molecule has 0 spiro atoms. The number of ketones is 1. The highest BCUT2D eigenvalue weighted by molar-refractivity contribution is 8.00. The molecule has 4 aliphatic rings. The topological polar surface area (TPSA) is 577 Å². The standard InChI is InChI=1S/C95H135FN20O19S/c1-12-14-26-70-86(127)104-63(36-38-76(98)119)84(125)110-80(81(100)122)53(5)136-51-78(121)102-66(43-54-31-33-57(96)34-32-54)91(132)114-41-21-20-29-71(114)88(129)108-68(47-77(99)120)92(133)115-42-22-30-72(115)87(128)105-62(35-37-75(118)95(6,7)8)83(124)109-79(52(3)4)94(135)116-50-58(117)46-74(116)89(130)106-65(44-55-48-101-61-25-18-16-23-59(55)61)85(126)103-64(39-40-97)82(123)107-67(45-56-49-111(9)69-28-19-17-24-60(56)69)90(131)113(11)73(27-15-13-2)93(134)112(70)10/h16-19,23-25,28,31-34,48-49,52-53,58,62-68,70-74,79-80,101,117H,12-15,20-22,26-27,29-30,35-47,50-51,97H2,1-11H3,(H2,98,119)(H2,99,120)(H2,100,122)(H,102,121)(H,103,126)(H,104,127)(H,105,128)(H,106,130)(H,107,123)(H,108,129)(H,109,124)(H,110,125)/t53?,58-,62+,63+,64+,65+,66+,67+,68+,70+,71+,72+,73+,74+,79+,80+/m1/s1. The van der Waals surface area contributed by atoms with Crippen LogP contribution in [-0.4, -0.2) is 287 Å². The van der Waals surface area contributed by atoms with Gasteiger partial charge in [-0.1, -0.05) is 130 Å². The molecule has 4 saturated heterocycles. The highest BCUT2D eigenvalue weighted by Gasteiger charge is 2.48. The number of carbonyl (C=O) groups excluding carboxylic acids is 18. The Labute approximate surface area is 794 Å². The number of aliphatic hydroxyl groups excluding tert-OH is 1. The molecular weight excluding hydrogens is 1780 g/mol. The SMILES string of the molecule is CCCC[C@H]1C(=O)N(C)[C@@H](CCCC)C(=O)N[C@@H](CCC(N)=O)C(=O)N[C@H](C(N)=O)C(C)SCC(=O)N[C@@H](Cc2ccc(F)cc2)C(=O)N2CCCC[C@H]2C(=O)N[C@@H](CC(N)=O)C(=O)N2CCC[C@H]2C(=O)N[C@@H](CCC(=O)C(C)(C)C)C(=O)N[C@@H](C(C)C)C(=O)N2C[C@H](O)C[C@H]2C(=O)N[C@@H](Cc2c[nH]c3ccccc23)C(=O)N[C@@H](CCN)C(=O)N[C@@H](Cc2cn(C)c3ccccc23)C(=O)N1C. The first-order chi connectivity index (χ1) is 64.4. The monoisotopic (exact) mass is 1910 g/mol. The van der Waals surface area contributed by atoms with Gasteiger partial charge in [-0.2, -0.15) is 0 Å². The van der Waals surface area contributed by atoms with Crippen molar-refractivity contribution in [2.24, 2.45) is 41.3 Å². The molecule has 0 radical (unpaired) electrons. The van der Waals surface area contributed by atoms with Gasteiger partial charge in [-0.25, -0.2) is 4.39 Å². The molecule has 742 valence electrons. The zero-order chi connectivity index (χ0) is 99.9. The summed E-state index contributed by atoms with van der Waals surface area (Å²) >= 11 is 0.798. The van der Waals surface area contributed by atoms with Gasteiger partial charge in [-0.15, -0.1) is 11.8 Å². The number of unbranched alkanes of at least 4 members (excludes halogenated alkanes) is 2. The van der Waals surface area contributed by atoms with E-state index in [9.17, 15) is 43.1 Å². The molecule has 2 aromatic heterocycles. The van der Waals surface area contributed by atoms with E-state index in [2.05, 4.69) is 52.8 Å². The van der Waals surface area contributed by atoms with Gasteiger partial charge in [0.2, 0.25) is 100 Å². The second-order valence-electron chi connectivity index (χ2n) is 37.3. The molecule has 6 heterocycles. The number of hydrogen-bond donors (Lipinski definition) is 15. The number of thioether (sulfide) groups is 1. The number of fused-ring (bicyclic) bond motifs is 5. The predicted octanol–water partition coefficient (Wildman–Crippen LogP) is 0.720. The summed E-state index contributed by atoms with van der Waals surface area (Å²) in [6, 6.07) is -2.13. The lowest BCUT2D eigenvalue weighted by Gasteiger charge is -2.38. The van der Waals surface area contributed by atoms with Gasteiger partial charge in [-0.05, 0) is 118 Å². The molecule has 0 aliphatic carbocycles. The smallest absolute Gasteiger partial charge is 0.246 e. The van der Waals surface area contributed by atoms with E-state index in [-0.39, 0.29) is 102 Å². The van der Waals surface area contributed by atoms with Crippen LogP contribution in [0.15, 0.2) is 85.2 Å². The van der Waals surface area contributed by atoms with Crippen molar-refractivity contribution in [3.63, 3.8) is 0 Å². The van der Waals surface area contributed by atoms with Crippen molar-refractivity contribution in [1.29, 1.82) is 0 Å². The van der Waals surface area contributed by atoms with E-state index in [0.29, 0.717) is 71.5 Å². The predicted molar refractivity (Wildman–Crippen MR) is 504 cm³/mol. The molecule has 136 heavy (non-hydrogen) atoms. The molecule has 4 fully saturated rings. The zero-order valence-corrected chi connectivity index (χ0v) is 80.2. The van der Waals surface area contributed by atoms with E-state index in [1.807, 2.05) is 36.6 Å². The van der Waals surface area contributed by atoms with Crippen LogP contribution in [0.2, 0.25) is 0 Å². The maximum atomic E-state index is 15.9. The molecule has 39 nitrogen and oxygen atoms in total. The van der Waals surface area contributed by atoms with E-state index in [1.165, 1.54) is 43.0 Å². The summed E-state index contributed by atoms with van der Waals surface area (Å²) < 4.78 is 16.3. The third-order valence-corrected chi connectivity index (χ3v) is 27.0. The number of amides is 17. The van der Waals surface area contributed by atoms with Gasteiger partial charge >= 0.3 is 0 Å². The van der Waals surface area contributed by atoms with Gasteiger partial charge in [0.15, 0.2) is 0 Å². The maximum Gasteiger partial charge on any atom is 0.246 e. The number of piperidine rings is 1. The summed E-state index contributed by atoms with van der Waals surface area (Å²) in [5.41, 5.74) is 25.6. The largest absolute Gasteiger partial charge is 0.391 e. The van der Waals surface area contributed by atoms with Crippen LogP contribution >= 0.6 is 11.8 Å². The van der Waals surface area contributed by atoms with Crippen LogP contribution in [0, 0.1) is 17.2 Å². The van der Waals surface area contributed by atoms with Crippen LogP contribution in [0.5, 0.6) is 0 Å². The van der Waals surface area contributed by atoms with Gasteiger partial charge in [0, 0.05) is 124 Å². The molecule has 3 aromatic carbocycles. The molecule has 17 amide bonds. The number of carbonyl (C=O) groups is 18. The Bertz CT molecular complexity index is 5180. The van der Waals surface area contributed by atoms with Crippen molar-refractivity contribution in [3.05, 3.63) is 108 Å². The summed E-state index contributed by atoms with van der Waals surface area (Å²) in [6.07, 6.45) is 0.674. The third kappa shape index (κ3) is 28.4. The summed E-state index contributed by atoms with van der Waals surface area (Å²) in [6.45, 7) is 12.3. The van der Waals surface area contributed by atoms with Crippen molar-refractivity contribution in [2.75, 3.05) is 46.0 Å². The number of benzene rings is 3. The molecule has 41 heteroatoms. The Balaban J connectivity index is 1.11. The van der Waals surface area contributed by atoms with Gasteiger partial charge < -0.3 is 110 Å². The zero-order valence-electron chi connectivity index (χ0n) is 79.4. The number of H-pyrrole nitrogens is 1. The molecular formula is C95H135FN20O19S. The first-order valence-corrected chi connectivity index (χ1v) is 47.9. The lowest BCUT2D eigenvalue weighted by Crippen LogP contribution is -2.62. The third-order valence-electron chi connectivity index (χ3n) is 25.7. The van der Waals surface area contributed by atoms with E-state index < -0.39 is 245 Å².